The lowest BCUT2D eigenvalue weighted by molar-refractivity contribution is -0.152. The fourth-order valence-corrected chi connectivity index (χ4v) is 5.65. The molecule has 0 spiro atoms. The summed E-state index contributed by atoms with van der Waals surface area (Å²) in [7, 11) is 4.60. The Morgan fingerprint density at radius 1 is 0.900 bits per heavy atom. The maximum atomic E-state index is 14.5. The molecule has 1 heterocycles. The normalized spacial score (nSPS) is 20.4. The number of ether oxygens (including phenoxy) is 5. The van der Waals surface area contributed by atoms with Gasteiger partial charge in [0.05, 0.1) is 40.1 Å². The highest BCUT2D eigenvalue weighted by molar-refractivity contribution is 6.13. The summed E-state index contributed by atoms with van der Waals surface area (Å²) in [6, 6.07) is 12.6. The zero-order valence-corrected chi connectivity index (χ0v) is 23.7. The number of dihydropyridines is 1. The van der Waals surface area contributed by atoms with Crippen LogP contribution < -0.4 is 19.5 Å². The van der Waals surface area contributed by atoms with Crippen LogP contribution in [0.2, 0.25) is 0 Å². The molecule has 0 unspecified atom stereocenters. The van der Waals surface area contributed by atoms with Gasteiger partial charge in [0.2, 0.25) is 0 Å². The van der Waals surface area contributed by atoms with E-state index in [0.717, 1.165) is 5.56 Å². The number of ketones is 1. The summed E-state index contributed by atoms with van der Waals surface area (Å²) in [4.78, 5) is 41.2. The van der Waals surface area contributed by atoms with Crippen LogP contribution in [0.5, 0.6) is 17.2 Å². The van der Waals surface area contributed by atoms with Crippen molar-refractivity contribution in [1.82, 2.24) is 5.32 Å². The fraction of sp³-hybridized carbons (Fsp3) is 0.387. The zero-order valence-electron chi connectivity index (χ0n) is 23.7. The molecule has 0 radical (unpaired) electrons. The molecule has 1 N–H and O–H groups in total. The Morgan fingerprint density at radius 2 is 1.57 bits per heavy atom. The van der Waals surface area contributed by atoms with Crippen molar-refractivity contribution in [1.29, 1.82) is 0 Å². The Bertz CT molecular complexity index is 1380. The maximum Gasteiger partial charge on any atom is 0.336 e. The van der Waals surface area contributed by atoms with Crippen LogP contribution in [0, 0.1) is 5.92 Å². The molecule has 3 atom stereocenters. The van der Waals surface area contributed by atoms with Crippen molar-refractivity contribution in [3.8, 4) is 17.2 Å². The Labute approximate surface area is 234 Å². The van der Waals surface area contributed by atoms with Crippen LogP contribution >= 0.6 is 0 Å². The van der Waals surface area contributed by atoms with Gasteiger partial charge < -0.3 is 29.0 Å². The summed E-state index contributed by atoms with van der Waals surface area (Å²) in [6.45, 7) is 5.49. The topological polar surface area (TPSA) is 109 Å². The molecule has 2 aromatic rings. The molecular weight excluding hydrogens is 514 g/mol. The molecule has 40 heavy (non-hydrogen) atoms. The smallest absolute Gasteiger partial charge is 0.336 e. The number of rotatable bonds is 9. The number of nitrogens with one attached hydrogen (secondary N) is 1. The Morgan fingerprint density at radius 3 is 2.23 bits per heavy atom. The lowest BCUT2D eigenvalue weighted by Gasteiger charge is -2.39. The maximum absolute atomic E-state index is 14.5. The van der Waals surface area contributed by atoms with Crippen LogP contribution in [0.25, 0.3) is 0 Å². The number of allylic oxidation sites excluding steroid dienone is 3. The highest BCUT2D eigenvalue weighted by Gasteiger charge is 2.49. The molecule has 9 heteroatoms. The van der Waals surface area contributed by atoms with Gasteiger partial charge >= 0.3 is 11.9 Å². The van der Waals surface area contributed by atoms with Crippen molar-refractivity contribution >= 4 is 17.7 Å². The van der Waals surface area contributed by atoms with Crippen molar-refractivity contribution in [3.05, 3.63) is 76.1 Å². The van der Waals surface area contributed by atoms with E-state index in [2.05, 4.69) is 5.32 Å². The van der Waals surface area contributed by atoms with E-state index in [1.54, 1.807) is 52.1 Å². The minimum atomic E-state index is -1.14. The molecule has 4 rings (SSSR count). The molecule has 0 saturated carbocycles. The number of para-hydroxylation sites is 1. The minimum Gasteiger partial charge on any atom is -0.496 e. The number of methoxy groups -OCH3 is 3. The molecule has 1 aliphatic carbocycles. The Kier molecular flexibility index (Phi) is 8.82. The third kappa shape index (κ3) is 5.15. The van der Waals surface area contributed by atoms with Crippen LogP contribution in [0.1, 0.15) is 50.2 Å². The predicted octanol–water partition coefficient (Wildman–Crippen LogP) is 4.43. The number of carbonyl (C=O) groups excluding carboxylic acids is 3. The highest BCUT2D eigenvalue weighted by atomic mass is 16.5. The molecule has 2 aromatic carbocycles. The first-order valence-corrected chi connectivity index (χ1v) is 13.2. The SMILES string of the molecule is CCOC(=O)C1=C(C)NC2=C(C(=O)[C@H](C(=O)OCC)[C@@H](c3ccccc3OC)C2)[C@@H]1c1ccc(OC)c(OC)c1. The van der Waals surface area contributed by atoms with E-state index in [4.69, 9.17) is 23.7 Å². The van der Waals surface area contributed by atoms with E-state index in [1.807, 2.05) is 18.2 Å². The largest absolute Gasteiger partial charge is 0.496 e. The first-order valence-electron chi connectivity index (χ1n) is 13.2. The van der Waals surface area contributed by atoms with Crippen molar-refractivity contribution in [2.24, 2.45) is 5.92 Å². The van der Waals surface area contributed by atoms with E-state index in [9.17, 15) is 14.4 Å². The number of esters is 2. The lowest BCUT2D eigenvalue weighted by Crippen LogP contribution is -2.43. The average molecular weight is 550 g/mol. The molecule has 0 bridgehead atoms. The van der Waals surface area contributed by atoms with Crippen molar-refractivity contribution in [3.63, 3.8) is 0 Å². The first kappa shape index (κ1) is 28.7. The van der Waals surface area contributed by atoms with E-state index in [-0.39, 0.29) is 13.2 Å². The third-order valence-electron chi connectivity index (χ3n) is 7.33. The molecule has 0 fully saturated rings. The minimum absolute atomic E-state index is 0.123. The van der Waals surface area contributed by atoms with Crippen molar-refractivity contribution in [2.75, 3.05) is 34.5 Å². The van der Waals surface area contributed by atoms with Crippen LogP contribution in [-0.4, -0.2) is 52.3 Å². The summed E-state index contributed by atoms with van der Waals surface area (Å²) >= 11 is 0. The standard InChI is InChI=1S/C31H35NO8/c1-7-39-30(34)25-17(3)32-21-16-20(19-11-9-10-12-22(19)36-4)27(31(35)40-8-2)29(33)28(21)26(25)18-13-14-23(37-5)24(15-18)38-6/h9-15,20,26-27,32H,7-8,16H2,1-6H3/t20-,26-,27-/m1/s1. The second-order valence-corrected chi connectivity index (χ2v) is 9.47. The lowest BCUT2D eigenvalue weighted by atomic mass is 9.67. The summed E-state index contributed by atoms with van der Waals surface area (Å²) in [5.74, 6) is -2.56. The monoisotopic (exact) mass is 549 g/mol. The van der Waals surface area contributed by atoms with Crippen molar-refractivity contribution < 1.29 is 38.1 Å². The van der Waals surface area contributed by atoms with Gasteiger partial charge in [-0.15, -0.1) is 0 Å². The molecule has 0 amide bonds. The van der Waals surface area contributed by atoms with Gasteiger partial charge in [-0.1, -0.05) is 24.3 Å². The average Bonchev–Trinajstić information content (AvgIpc) is 2.95. The third-order valence-corrected chi connectivity index (χ3v) is 7.33. The van der Waals surface area contributed by atoms with Gasteiger partial charge in [0.1, 0.15) is 11.7 Å². The van der Waals surface area contributed by atoms with Gasteiger partial charge in [0.25, 0.3) is 0 Å². The van der Waals surface area contributed by atoms with E-state index >= 15 is 0 Å². The molecule has 1 aliphatic heterocycles. The van der Waals surface area contributed by atoms with E-state index < -0.39 is 35.5 Å². The second kappa shape index (κ2) is 12.3. The number of carbonyl (C=O) groups is 3. The van der Waals surface area contributed by atoms with Crippen LogP contribution in [0.3, 0.4) is 0 Å². The highest BCUT2D eigenvalue weighted by Crippen LogP contribution is 2.50. The van der Waals surface area contributed by atoms with Crippen LogP contribution in [-0.2, 0) is 23.9 Å². The quantitative estimate of drug-likeness (QED) is 0.359. The van der Waals surface area contributed by atoms with Gasteiger partial charge in [-0.3, -0.25) is 9.59 Å². The van der Waals surface area contributed by atoms with Crippen LogP contribution in [0.4, 0.5) is 0 Å². The van der Waals surface area contributed by atoms with Gasteiger partial charge in [-0.25, -0.2) is 4.79 Å². The van der Waals surface area contributed by atoms with Gasteiger partial charge in [-0.05, 0) is 56.5 Å². The predicted molar refractivity (Wildman–Crippen MR) is 147 cm³/mol. The molecule has 2 aliphatic rings. The van der Waals surface area contributed by atoms with Gasteiger partial charge in [0, 0.05) is 28.8 Å². The molecule has 0 saturated heterocycles. The van der Waals surface area contributed by atoms with E-state index in [0.29, 0.717) is 51.8 Å². The number of hydrogen-bond acceptors (Lipinski definition) is 9. The fourth-order valence-electron chi connectivity index (χ4n) is 5.65. The molecular formula is C31H35NO8. The number of Topliss-reactive ketones (excluding diaryl/α,β-unsaturated/α-hetero) is 1. The van der Waals surface area contributed by atoms with Gasteiger partial charge in [0.15, 0.2) is 17.3 Å². The number of hydrogen-bond donors (Lipinski definition) is 1. The zero-order chi connectivity index (χ0) is 29.0. The van der Waals surface area contributed by atoms with E-state index in [1.165, 1.54) is 14.2 Å². The van der Waals surface area contributed by atoms with Crippen molar-refractivity contribution in [2.45, 2.75) is 39.0 Å². The summed E-state index contributed by atoms with van der Waals surface area (Å²) in [5, 5.41) is 3.31. The van der Waals surface area contributed by atoms with Gasteiger partial charge in [-0.2, -0.15) is 0 Å². The summed E-state index contributed by atoms with van der Waals surface area (Å²) in [5.41, 5.74) is 3.17. The second-order valence-electron chi connectivity index (χ2n) is 9.47. The Hall–Kier alpha value is -4.27. The van der Waals surface area contributed by atoms with Crippen LogP contribution in [0.15, 0.2) is 65.0 Å². The number of benzene rings is 2. The first-order chi connectivity index (χ1) is 19.3. The molecule has 9 nitrogen and oxygen atoms in total. The molecule has 0 aromatic heterocycles. The molecule has 212 valence electrons. The summed E-state index contributed by atoms with van der Waals surface area (Å²) < 4.78 is 27.4. The summed E-state index contributed by atoms with van der Waals surface area (Å²) in [6.07, 6.45) is 0.322. The Balaban J connectivity index is 1.95.